The molecule has 6 nitrogen and oxygen atoms in total. The molecule has 0 amide bonds. The van der Waals surface area contributed by atoms with Crippen LogP contribution < -0.4 is 5.73 Å². The van der Waals surface area contributed by atoms with Gasteiger partial charge in [0.25, 0.3) is 0 Å². The Kier molecular flexibility index (Phi) is 4.41. The van der Waals surface area contributed by atoms with Gasteiger partial charge in [-0.15, -0.1) is 0 Å². The van der Waals surface area contributed by atoms with Gasteiger partial charge < -0.3 is 10.5 Å². The molecule has 3 heterocycles. The van der Waals surface area contributed by atoms with Gasteiger partial charge in [-0.05, 0) is 51.3 Å². The first-order valence-corrected chi connectivity index (χ1v) is 10.4. The Labute approximate surface area is 173 Å². The molecule has 3 aliphatic rings. The molecule has 162 valence electrons. The van der Waals surface area contributed by atoms with Crippen molar-refractivity contribution in [3.8, 4) is 11.3 Å². The monoisotopic (exact) mass is 421 g/mol. The molecule has 0 spiro atoms. The van der Waals surface area contributed by atoms with Gasteiger partial charge in [-0.25, -0.2) is 4.98 Å². The summed E-state index contributed by atoms with van der Waals surface area (Å²) in [6.07, 6.45) is -1.86. The van der Waals surface area contributed by atoms with E-state index >= 15 is 0 Å². The predicted octanol–water partition coefficient (Wildman–Crippen LogP) is 3.56. The van der Waals surface area contributed by atoms with Crippen LogP contribution in [0.3, 0.4) is 0 Å². The fourth-order valence-corrected chi connectivity index (χ4v) is 5.44. The Morgan fingerprint density at radius 1 is 1.27 bits per heavy atom. The largest absolute Gasteiger partial charge is 0.419 e. The third kappa shape index (κ3) is 3.01. The number of aromatic nitrogens is 3. The van der Waals surface area contributed by atoms with Crippen molar-refractivity contribution in [1.82, 2.24) is 19.7 Å². The number of nitrogens with zero attached hydrogens (tertiary/aromatic N) is 4. The number of nitrogens with two attached hydrogens (primary N) is 1. The van der Waals surface area contributed by atoms with Crippen LogP contribution in [0.2, 0.25) is 0 Å². The molecule has 9 heteroatoms. The highest BCUT2D eigenvalue weighted by Gasteiger charge is 2.65. The molecule has 2 aliphatic carbocycles. The number of morpholine rings is 1. The number of anilines is 1. The SMILES string of the molecule is CC(C)n1nc(-c2cnc(N)c(C(F)(F)F)c2)cc1[C@@H]1[C@H]2CC3C(OCCN3C)[C@H]21. The third-order valence-electron chi connectivity index (χ3n) is 6.94. The highest BCUT2D eigenvalue weighted by atomic mass is 19.4. The highest BCUT2D eigenvalue weighted by molar-refractivity contribution is 5.63. The van der Waals surface area contributed by atoms with E-state index in [9.17, 15) is 13.2 Å². The van der Waals surface area contributed by atoms with Gasteiger partial charge in [0, 0.05) is 42.0 Å². The average Bonchev–Trinajstić information content (AvgIpc) is 3.02. The van der Waals surface area contributed by atoms with Crippen molar-refractivity contribution >= 4 is 5.82 Å². The summed E-state index contributed by atoms with van der Waals surface area (Å²) in [6, 6.07) is 3.54. The van der Waals surface area contributed by atoms with Crippen LogP contribution in [0.1, 0.15) is 43.5 Å². The summed E-state index contributed by atoms with van der Waals surface area (Å²) in [5, 5.41) is 4.66. The predicted molar refractivity (Wildman–Crippen MR) is 106 cm³/mol. The van der Waals surface area contributed by atoms with Crippen LogP contribution in [0.15, 0.2) is 18.3 Å². The van der Waals surface area contributed by atoms with Gasteiger partial charge >= 0.3 is 6.18 Å². The molecule has 5 atom stereocenters. The van der Waals surface area contributed by atoms with Crippen molar-refractivity contribution in [1.29, 1.82) is 0 Å². The second-order valence-corrected chi connectivity index (χ2v) is 9.03. The molecule has 3 fully saturated rings. The molecule has 2 N–H and O–H groups in total. The number of halogens is 3. The first-order chi connectivity index (χ1) is 14.2. The molecule has 2 saturated carbocycles. The van der Waals surface area contributed by atoms with Crippen LogP contribution in [0.25, 0.3) is 11.3 Å². The molecule has 1 saturated heterocycles. The first-order valence-electron chi connectivity index (χ1n) is 10.4. The number of fused-ring (bicyclic) bond motifs is 3. The van der Waals surface area contributed by atoms with Crippen molar-refractivity contribution in [2.75, 3.05) is 25.9 Å². The van der Waals surface area contributed by atoms with Crippen LogP contribution in [-0.2, 0) is 10.9 Å². The summed E-state index contributed by atoms with van der Waals surface area (Å²) in [5.74, 6) is 0.814. The van der Waals surface area contributed by atoms with E-state index in [0.717, 1.165) is 31.3 Å². The minimum atomic E-state index is -4.55. The average molecular weight is 421 g/mol. The van der Waals surface area contributed by atoms with E-state index in [-0.39, 0.29) is 12.1 Å². The molecule has 2 aromatic rings. The van der Waals surface area contributed by atoms with Crippen molar-refractivity contribution in [2.45, 2.75) is 50.6 Å². The quantitative estimate of drug-likeness (QED) is 0.821. The van der Waals surface area contributed by atoms with Crippen LogP contribution in [-0.4, -0.2) is 52.0 Å². The normalized spacial score (nSPS) is 31.1. The summed E-state index contributed by atoms with van der Waals surface area (Å²) < 4.78 is 47.9. The molecule has 0 radical (unpaired) electrons. The zero-order valence-corrected chi connectivity index (χ0v) is 17.2. The molecule has 0 bridgehead atoms. The Hall–Kier alpha value is -2.13. The third-order valence-corrected chi connectivity index (χ3v) is 6.94. The van der Waals surface area contributed by atoms with E-state index in [1.54, 1.807) is 0 Å². The van der Waals surface area contributed by atoms with E-state index in [0.29, 0.717) is 35.1 Å². The molecular weight excluding hydrogens is 395 g/mol. The minimum absolute atomic E-state index is 0.102. The molecule has 5 rings (SSSR count). The molecule has 2 aromatic heterocycles. The van der Waals surface area contributed by atoms with E-state index in [1.165, 1.54) is 6.20 Å². The maximum atomic E-state index is 13.3. The number of pyridine rings is 1. The lowest BCUT2D eigenvalue weighted by Gasteiger charge is -2.37. The minimum Gasteiger partial charge on any atom is -0.383 e. The van der Waals surface area contributed by atoms with Gasteiger partial charge in [-0.2, -0.15) is 18.3 Å². The summed E-state index contributed by atoms with van der Waals surface area (Å²) in [4.78, 5) is 6.16. The number of rotatable bonds is 3. The van der Waals surface area contributed by atoms with Gasteiger partial charge in [0.2, 0.25) is 0 Å². The lowest BCUT2D eigenvalue weighted by Crippen LogP contribution is -2.48. The van der Waals surface area contributed by atoms with Crippen LogP contribution in [0, 0.1) is 11.8 Å². The zero-order chi connectivity index (χ0) is 21.4. The summed E-state index contributed by atoms with van der Waals surface area (Å²) in [7, 11) is 2.16. The highest BCUT2D eigenvalue weighted by Crippen LogP contribution is 2.65. The van der Waals surface area contributed by atoms with Gasteiger partial charge in [0.05, 0.1) is 24.0 Å². The Morgan fingerprint density at radius 2 is 2.03 bits per heavy atom. The van der Waals surface area contributed by atoms with Gasteiger partial charge in [0.1, 0.15) is 5.82 Å². The van der Waals surface area contributed by atoms with E-state index in [2.05, 4.69) is 22.0 Å². The first kappa shape index (κ1) is 19.8. The molecular formula is C21H26F3N5O. The molecule has 2 unspecified atom stereocenters. The standard InChI is InChI=1S/C21H26F3N5O/c1-10(2)29-15(17-12-7-16-19(18(12)17)30-5-4-28(16)3)8-14(27-29)11-6-13(21(22,23)24)20(25)26-9-11/h6,8-10,12,16-19H,4-5,7H2,1-3H3,(H2,25,26)/t12-,16?,17+,18-,19?/m1/s1. The number of hydrogen-bond acceptors (Lipinski definition) is 5. The van der Waals surface area contributed by atoms with E-state index < -0.39 is 17.6 Å². The lowest BCUT2D eigenvalue weighted by molar-refractivity contribution is -0.137. The number of likely N-dealkylation sites (N-methyl/N-ethyl adjacent to an activating group) is 1. The molecule has 0 aromatic carbocycles. The Balaban J connectivity index is 1.48. The van der Waals surface area contributed by atoms with E-state index in [1.807, 2.05) is 24.6 Å². The molecule has 1 aliphatic heterocycles. The van der Waals surface area contributed by atoms with Crippen molar-refractivity contribution in [3.63, 3.8) is 0 Å². The lowest BCUT2D eigenvalue weighted by atomic mass is 9.99. The fourth-order valence-electron chi connectivity index (χ4n) is 5.44. The number of alkyl halides is 3. The van der Waals surface area contributed by atoms with Gasteiger partial charge in [-0.1, -0.05) is 0 Å². The number of hydrogen-bond donors (Lipinski definition) is 1. The van der Waals surface area contributed by atoms with Crippen molar-refractivity contribution in [2.24, 2.45) is 11.8 Å². The number of ether oxygens (including phenoxy) is 1. The smallest absolute Gasteiger partial charge is 0.383 e. The van der Waals surface area contributed by atoms with Gasteiger partial charge in [0.15, 0.2) is 0 Å². The van der Waals surface area contributed by atoms with Crippen LogP contribution >= 0.6 is 0 Å². The summed E-state index contributed by atoms with van der Waals surface area (Å²) >= 11 is 0. The topological polar surface area (TPSA) is 69.2 Å². The maximum absolute atomic E-state index is 13.3. The van der Waals surface area contributed by atoms with Crippen LogP contribution in [0.4, 0.5) is 19.0 Å². The Morgan fingerprint density at radius 3 is 2.73 bits per heavy atom. The zero-order valence-electron chi connectivity index (χ0n) is 17.2. The fraction of sp³-hybridized carbons (Fsp3) is 0.619. The van der Waals surface area contributed by atoms with E-state index in [4.69, 9.17) is 10.5 Å². The Bertz CT molecular complexity index is 972. The maximum Gasteiger partial charge on any atom is 0.419 e. The second-order valence-electron chi connectivity index (χ2n) is 9.03. The van der Waals surface area contributed by atoms with Crippen molar-refractivity contribution < 1.29 is 17.9 Å². The summed E-state index contributed by atoms with van der Waals surface area (Å²) in [6.45, 7) is 5.79. The second kappa shape index (κ2) is 6.68. The number of nitrogen functional groups attached to an aromatic ring is 1. The summed E-state index contributed by atoms with van der Waals surface area (Å²) in [5.41, 5.74) is 6.44. The molecule has 30 heavy (non-hydrogen) atoms. The van der Waals surface area contributed by atoms with Crippen LogP contribution in [0.5, 0.6) is 0 Å². The van der Waals surface area contributed by atoms with Gasteiger partial charge in [-0.3, -0.25) is 9.58 Å². The van der Waals surface area contributed by atoms with Crippen molar-refractivity contribution in [3.05, 3.63) is 29.6 Å².